The molecule has 1 heterocycles. The molecule has 2 nitrogen and oxygen atoms in total. The molecule has 0 amide bonds. The molecule has 1 fully saturated rings. The average Bonchev–Trinajstić information content (AvgIpc) is 2.80. The number of rotatable bonds is 3. The van der Waals surface area contributed by atoms with Gasteiger partial charge in [-0.2, -0.15) is 0 Å². The molecule has 2 aliphatic rings. The van der Waals surface area contributed by atoms with Gasteiger partial charge in [0, 0.05) is 17.7 Å². The first-order valence-electron chi connectivity index (χ1n) is 6.04. The van der Waals surface area contributed by atoms with E-state index in [1.807, 2.05) is 6.07 Å². The van der Waals surface area contributed by atoms with Crippen LogP contribution in [-0.2, 0) is 0 Å². The summed E-state index contributed by atoms with van der Waals surface area (Å²) >= 11 is 14.2. The standard InChI is InChI=1S/C13H14Cl2N2S/c14-13(15)8-10(13)11(9-4-2-1-3-5-9)18-12-16-6-7-17-12/h1-5,10-11H,6-8H2,(H,16,17). The van der Waals surface area contributed by atoms with Crippen molar-refractivity contribution >= 4 is 40.1 Å². The van der Waals surface area contributed by atoms with Gasteiger partial charge in [0.05, 0.1) is 6.54 Å². The number of benzene rings is 1. The predicted octanol–water partition coefficient (Wildman–Crippen LogP) is 3.61. The summed E-state index contributed by atoms with van der Waals surface area (Å²) in [6.07, 6.45) is 0.857. The molecular weight excluding hydrogens is 287 g/mol. The summed E-state index contributed by atoms with van der Waals surface area (Å²) in [4.78, 5) is 4.44. The van der Waals surface area contributed by atoms with Crippen LogP contribution in [0.25, 0.3) is 0 Å². The van der Waals surface area contributed by atoms with E-state index in [9.17, 15) is 0 Å². The van der Waals surface area contributed by atoms with E-state index < -0.39 is 4.33 Å². The Morgan fingerprint density at radius 1 is 1.33 bits per heavy atom. The third-order valence-corrected chi connectivity index (χ3v) is 5.47. The summed E-state index contributed by atoms with van der Waals surface area (Å²) in [5.41, 5.74) is 1.27. The zero-order valence-electron chi connectivity index (χ0n) is 9.77. The Balaban J connectivity index is 1.80. The minimum atomic E-state index is -0.563. The lowest BCUT2D eigenvalue weighted by Gasteiger charge is -2.17. The summed E-state index contributed by atoms with van der Waals surface area (Å²) in [7, 11) is 0. The van der Waals surface area contributed by atoms with Gasteiger partial charge in [-0.25, -0.2) is 0 Å². The van der Waals surface area contributed by atoms with Gasteiger partial charge in [0.25, 0.3) is 0 Å². The van der Waals surface area contributed by atoms with Crippen LogP contribution >= 0.6 is 35.0 Å². The van der Waals surface area contributed by atoms with Gasteiger partial charge in [-0.1, -0.05) is 42.1 Å². The second-order valence-corrected chi connectivity index (χ2v) is 7.31. The molecule has 18 heavy (non-hydrogen) atoms. The highest BCUT2D eigenvalue weighted by molar-refractivity contribution is 8.14. The maximum atomic E-state index is 6.23. The van der Waals surface area contributed by atoms with Crippen LogP contribution in [0.1, 0.15) is 17.2 Å². The van der Waals surface area contributed by atoms with Gasteiger partial charge < -0.3 is 5.32 Å². The Kier molecular flexibility index (Phi) is 3.48. The number of amidine groups is 1. The molecule has 0 bridgehead atoms. The van der Waals surface area contributed by atoms with Crippen LogP contribution in [0, 0.1) is 5.92 Å². The third kappa shape index (κ3) is 2.63. The van der Waals surface area contributed by atoms with Crippen molar-refractivity contribution in [2.45, 2.75) is 16.0 Å². The molecule has 0 spiro atoms. The Morgan fingerprint density at radius 2 is 2.06 bits per heavy atom. The van der Waals surface area contributed by atoms with Crippen LogP contribution in [0.2, 0.25) is 0 Å². The monoisotopic (exact) mass is 300 g/mol. The predicted molar refractivity (Wildman–Crippen MR) is 79.6 cm³/mol. The first-order chi connectivity index (χ1) is 8.67. The van der Waals surface area contributed by atoms with E-state index >= 15 is 0 Å². The fraction of sp³-hybridized carbons (Fsp3) is 0.462. The van der Waals surface area contributed by atoms with Crippen LogP contribution in [0.3, 0.4) is 0 Å². The van der Waals surface area contributed by atoms with Gasteiger partial charge in [-0.3, -0.25) is 4.99 Å². The number of aliphatic imine (C=N–C) groups is 1. The molecule has 1 aromatic rings. The Hall–Kier alpha value is -0.380. The molecule has 0 aromatic heterocycles. The number of thioether (sulfide) groups is 1. The van der Waals surface area contributed by atoms with Gasteiger partial charge >= 0.3 is 0 Å². The zero-order valence-corrected chi connectivity index (χ0v) is 12.1. The van der Waals surface area contributed by atoms with Gasteiger partial charge in [-0.15, -0.1) is 23.2 Å². The number of halogens is 2. The molecule has 0 saturated heterocycles. The minimum absolute atomic E-state index is 0.283. The van der Waals surface area contributed by atoms with Crippen LogP contribution in [0.4, 0.5) is 0 Å². The minimum Gasteiger partial charge on any atom is -0.363 e. The highest BCUT2D eigenvalue weighted by Gasteiger charge is 2.56. The average molecular weight is 301 g/mol. The molecule has 1 saturated carbocycles. The number of alkyl halides is 2. The second-order valence-electron chi connectivity index (χ2n) is 4.63. The summed E-state index contributed by atoms with van der Waals surface area (Å²) in [6, 6.07) is 10.4. The maximum Gasteiger partial charge on any atom is 0.157 e. The molecule has 1 aliphatic carbocycles. The Labute approximate surface area is 121 Å². The normalized spacial score (nSPS) is 26.3. The van der Waals surface area contributed by atoms with Gasteiger partial charge in [0.2, 0.25) is 0 Å². The van der Waals surface area contributed by atoms with Gasteiger partial charge in [0.1, 0.15) is 4.33 Å². The number of nitrogens with zero attached hydrogens (tertiary/aromatic N) is 1. The van der Waals surface area contributed by atoms with E-state index in [2.05, 4.69) is 34.6 Å². The SMILES string of the molecule is ClC1(Cl)CC1C(SC1=NCCN1)c1ccccc1. The van der Waals surface area contributed by atoms with E-state index in [0.717, 1.165) is 24.7 Å². The molecule has 1 aromatic carbocycles. The fourth-order valence-electron chi connectivity index (χ4n) is 2.16. The largest absolute Gasteiger partial charge is 0.363 e. The lowest BCUT2D eigenvalue weighted by atomic mass is 10.1. The van der Waals surface area contributed by atoms with E-state index in [1.54, 1.807) is 11.8 Å². The molecule has 1 aliphatic heterocycles. The topological polar surface area (TPSA) is 24.4 Å². The van der Waals surface area contributed by atoms with Crippen LogP contribution in [0.15, 0.2) is 35.3 Å². The fourth-order valence-corrected chi connectivity index (χ4v) is 4.27. The van der Waals surface area contributed by atoms with Gasteiger partial charge in [0.15, 0.2) is 5.17 Å². The van der Waals surface area contributed by atoms with Crippen molar-refractivity contribution < 1.29 is 0 Å². The summed E-state index contributed by atoms with van der Waals surface area (Å²) in [5, 5.41) is 4.59. The Bertz CT molecular complexity index is 461. The first kappa shape index (κ1) is 12.6. The van der Waals surface area contributed by atoms with E-state index in [0.29, 0.717) is 5.92 Å². The van der Waals surface area contributed by atoms with E-state index in [-0.39, 0.29) is 5.25 Å². The molecule has 0 radical (unpaired) electrons. The van der Waals surface area contributed by atoms with E-state index in [4.69, 9.17) is 23.2 Å². The highest BCUT2D eigenvalue weighted by atomic mass is 35.5. The Morgan fingerprint density at radius 3 is 2.61 bits per heavy atom. The molecule has 2 atom stereocenters. The highest BCUT2D eigenvalue weighted by Crippen LogP contribution is 2.62. The maximum absolute atomic E-state index is 6.23. The molecule has 96 valence electrons. The molecule has 1 N–H and O–H groups in total. The number of hydrogen-bond donors (Lipinski definition) is 1. The van der Waals surface area contributed by atoms with Crippen molar-refractivity contribution in [3.05, 3.63) is 35.9 Å². The lowest BCUT2D eigenvalue weighted by molar-refractivity contribution is 0.800. The number of nitrogens with one attached hydrogen (secondary N) is 1. The van der Waals surface area contributed by atoms with Crippen molar-refractivity contribution in [2.75, 3.05) is 13.1 Å². The lowest BCUT2D eigenvalue weighted by Crippen LogP contribution is -2.17. The third-order valence-electron chi connectivity index (χ3n) is 3.25. The molecule has 5 heteroatoms. The van der Waals surface area contributed by atoms with E-state index in [1.165, 1.54) is 5.56 Å². The van der Waals surface area contributed by atoms with Crippen molar-refractivity contribution in [3.8, 4) is 0 Å². The van der Waals surface area contributed by atoms with Crippen LogP contribution < -0.4 is 5.32 Å². The quantitative estimate of drug-likeness (QED) is 0.862. The summed E-state index contributed by atoms with van der Waals surface area (Å²) in [5.74, 6) is 0.304. The molecule has 3 rings (SSSR count). The summed E-state index contributed by atoms with van der Waals surface area (Å²) < 4.78 is -0.563. The second kappa shape index (κ2) is 4.95. The number of hydrogen-bond acceptors (Lipinski definition) is 3. The summed E-state index contributed by atoms with van der Waals surface area (Å²) in [6.45, 7) is 1.79. The van der Waals surface area contributed by atoms with Crippen molar-refractivity contribution in [3.63, 3.8) is 0 Å². The van der Waals surface area contributed by atoms with Crippen molar-refractivity contribution in [1.82, 2.24) is 5.32 Å². The molecule has 2 unspecified atom stereocenters. The first-order valence-corrected chi connectivity index (χ1v) is 7.68. The zero-order chi connectivity index (χ0) is 12.6. The van der Waals surface area contributed by atoms with Crippen LogP contribution in [0.5, 0.6) is 0 Å². The van der Waals surface area contributed by atoms with Crippen LogP contribution in [-0.4, -0.2) is 22.6 Å². The molecular formula is C13H14Cl2N2S. The van der Waals surface area contributed by atoms with Gasteiger partial charge in [-0.05, 0) is 12.0 Å². The smallest absolute Gasteiger partial charge is 0.157 e. The van der Waals surface area contributed by atoms with Crippen molar-refractivity contribution in [1.29, 1.82) is 0 Å². The van der Waals surface area contributed by atoms with Crippen molar-refractivity contribution in [2.24, 2.45) is 10.9 Å².